The number of piperazine rings is 1. The Labute approximate surface area is 147 Å². The smallest absolute Gasteiger partial charge is 0.465 e. The number of nitrogens with zero attached hydrogens (tertiary/aromatic N) is 2. The first-order chi connectivity index (χ1) is 11.6. The minimum atomic E-state index is -0.809. The van der Waals surface area contributed by atoms with Gasteiger partial charge in [-0.15, -0.1) is 0 Å². The Balaban J connectivity index is 0.000000212. The fraction of sp³-hybridized carbons (Fsp3) is 0.625. The molecule has 0 radical (unpaired) electrons. The van der Waals surface area contributed by atoms with Crippen molar-refractivity contribution in [3.63, 3.8) is 0 Å². The Morgan fingerprint density at radius 2 is 1.80 bits per heavy atom. The number of pyridine rings is 1. The van der Waals surface area contributed by atoms with Crippen molar-refractivity contribution in [2.75, 3.05) is 26.2 Å². The molecular weight excluding hydrogens is 328 g/mol. The maximum absolute atomic E-state index is 13.0. The summed E-state index contributed by atoms with van der Waals surface area (Å²) in [4.78, 5) is 15.5. The second-order valence-corrected chi connectivity index (χ2v) is 7.04. The molecule has 3 heterocycles. The van der Waals surface area contributed by atoms with Gasteiger partial charge in [-0.3, -0.25) is 4.98 Å². The van der Waals surface area contributed by atoms with Crippen LogP contribution in [0.4, 0.5) is 9.18 Å². The number of amides is 1. The second-order valence-electron chi connectivity index (χ2n) is 7.04. The van der Waals surface area contributed by atoms with E-state index in [4.69, 9.17) is 14.4 Å². The van der Waals surface area contributed by atoms with E-state index in [1.807, 2.05) is 27.7 Å². The van der Waals surface area contributed by atoms with Gasteiger partial charge in [0.25, 0.3) is 0 Å². The van der Waals surface area contributed by atoms with Crippen LogP contribution < -0.4 is 10.8 Å². The third-order valence-electron chi connectivity index (χ3n) is 4.64. The quantitative estimate of drug-likeness (QED) is 0.736. The number of aromatic nitrogens is 1. The van der Waals surface area contributed by atoms with Crippen LogP contribution in [0, 0.1) is 5.82 Å². The zero-order chi connectivity index (χ0) is 18.7. The first kappa shape index (κ1) is 19.6. The molecule has 138 valence electrons. The molecule has 1 aromatic heterocycles. The Hall–Kier alpha value is -1.71. The van der Waals surface area contributed by atoms with Gasteiger partial charge >= 0.3 is 13.2 Å². The summed E-state index contributed by atoms with van der Waals surface area (Å²) in [6, 6.07) is 1.38. The van der Waals surface area contributed by atoms with Crippen molar-refractivity contribution in [1.29, 1.82) is 0 Å². The molecule has 2 aliphatic heterocycles. The molecule has 0 aromatic carbocycles. The summed E-state index contributed by atoms with van der Waals surface area (Å²) >= 11 is 0. The summed E-state index contributed by atoms with van der Waals surface area (Å²) in [5.41, 5.74) is -0.216. The molecule has 2 fully saturated rings. The second kappa shape index (κ2) is 7.67. The van der Waals surface area contributed by atoms with E-state index in [9.17, 15) is 9.18 Å². The summed E-state index contributed by atoms with van der Waals surface area (Å²) in [6.07, 6.45) is 1.91. The molecule has 7 nitrogen and oxygen atoms in total. The van der Waals surface area contributed by atoms with Gasteiger partial charge in [-0.2, -0.15) is 0 Å². The first-order valence-electron chi connectivity index (χ1n) is 8.27. The molecule has 1 amide bonds. The van der Waals surface area contributed by atoms with Crippen LogP contribution in [0.15, 0.2) is 18.5 Å². The van der Waals surface area contributed by atoms with E-state index in [-0.39, 0.29) is 5.82 Å². The Morgan fingerprint density at radius 3 is 2.24 bits per heavy atom. The van der Waals surface area contributed by atoms with Gasteiger partial charge in [-0.05, 0) is 33.8 Å². The van der Waals surface area contributed by atoms with Crippen LogP contribution in [-0.4, -0.2) is 65.6 Å². The molecule has 0 bridgehead atoms. The topological polar surface area (TPSA) is 83.9 Å². The van der Waals surface area contributed by atoms with Crippen molar-refractivity contribution >= 4 is 18.7 Å². The first-order valence-corrected chi connectivity index (χ1v) is 8.27. The van der Waals surface area contributed by atoms with E-state index in [2.05, 4.69) is 10.3 Å². The highest BCUT2D eigenvalue weighted by Gasteiger charge is 2.51. The highest BCUT2D eigenvalue weighted by atomic mass is 19.1. The normalized spacial score (nSPS) is 21.5. The fourth-order valence-electron chi connectivity index (χ4n) is 2.39. The number of hydrogen-bond acceptors (Lipinski definition) is 5. The van der Waals surface area contributed by atoms with Crippen LogP contribution in [0.3, 0.4) is 0 Å². The van der Waals surface area contributed by atoms with Crippen molar-refractivity contribution in [3.8, 4) is 0 Å². The summed E-state index contributed by atoms with van der Waals surface area (Å²) in [7, 11) is -0.548. The Kier molecular flexibility index (Phi) is 6.02. The van der Waals surface area contributed by atoms with Crippen LogP contribution in [0.2, 0.25) is 0 Å². The van der Waals surface area contributed by atoms with Gasteiger partial charge in [-0.1, -0.05) is 0 Å². The lowest BCUT2D eigenvalue weighted by Gasteiger charge is -2.32. The fourth-order valence-corrected chi connectivity index (χ4v) is 2.39. The van der Waals surface area contributed by atoms with Crippen molar-refractivity contribution in [3.05, 3.63) is 24.3 Å². The van der Waals surface area contributed by atoms with Crippen molar-refractivity contribution in [2.24, 2.45) is 0 Å². The van der Waals surface area contributed by atoms with Crippen molar-refractivity contribution in [1.82, 2.24) is 15.2 Å². The highest BCUT2D eigenvalue weighted by molar-refractivity contribution is 6.62. The predicted molar refractivity (Wildman–Crippen MR) is 92.4 cm³/mol. The maximum atomic E-state index is 13.0. The lowest BCUT2D eigenvalue weighted by molar-refractivity contribution is 0.00578. The summed E-state index contributed by atoms with van der Waals surface area (Å²) in [6.45, 7) is 10.6. The molecule has 0 spiro atoms. The molecule has 0 saturated carbocycles. The van der Waals surface area contributed by atoms with Gasteiger partial charge in [-0.25, -0.2) is 9.18 Å². The molecule has 9 heteroatoms. The van der Waals surface area contributed by atoms with Gasteiger partial charge in [0.1, 0.15) is 5.82 Å². The molecule has 0 atom stereocenters. The zero-order valence-corrected chi connectivity index (χ0v) is 15.1. The molecule has 0 unspecified atom stereocenters. The predicted octanol–water partition coefficient (Wildman–Crippen LogP) is 1.09. The molecule has 25 heavy (non-hydrogen) atoms. The van der Waals surface area contributed by atoms with E-state index in [1.54, 1.807) is 6.20 Å². The third-order valence-corrected chi connectivity index (χ3v) is 4.64. The van der Waals surface area contributed by atoms with Crippen LogP contribution in [-0.2, 0) is 9.31 Å². The molecule has 2 saturated heterocycles. The van der Waals surface area contributed by atoms with Crippen LogP contribution in [0.25, 0.3) is 0 Å². The molecule has 3 rings (SSSR count). The number of nitrogens with one attached hydrogen (secondary N) is 1. The number of halogens is 1. The van der Waals surface area contributed by atoms with E-state index in [0.29, 0.717) is 18.6 Å². The monoisotopic (exact) mass is 353 g/mol. The van der Waals surface area contributed by atoms with Crippen LogP contribution >= 0.6 is 0 Å². The van der Waals surface area contributed by atoms with E-state index >= 15 is 0 Å². The van der Waals surface area contributed by atoms with Gasteiger partial charge in [0, 0.05) is 37.8 Å². The standard InChI is InChI=1S/C11H15BFNO2.C5H10N2O2/c1-10(2)11(3,4)16-12(15-10)8-5-9(13)7-14-6-8;8-5(9)7-3-1-6-2-4-7/h5-7H,1-4H3;6H,1-4H2,(H,8,9). The highest BCUT2D eigenvalue weighted by Crippen LogP contribution is 2.36. The number of carbonyl (C=O) groups is 1. The van der Waals surface area contributed by atoms with Crippen molar-refractivity contribution in [2.45, 2.75) is 38.9 Å². The average molecular weight is 353 g/mol. The van der Waals surface area contributed by atoms with Gasteiger partial charge in [0.2, 0.25) is 0 Å². The SMILES string of the molecule is CC1(C)OB(c2cncc(F)c2)OC1(C)C.O=C(O)N1CCNCC1. The summed E-state index contributed by atoms with van der Waals surface area (Å²) in [5, 5.41) is 11.5. The van der Waals surface area contributed by atoms with Gasteiger partial charge in [0.05, 0.1) is 17.4 Å². The number of carboxylic acid groups (broad SMARTS) is 1. The van der Waals surface area contributed by atoms with Gasteiger partial charge < -0.3 is 24.6 Å². The lowest BCUT2D eigenvalue weighted by atomic mass is 9.80. The maximum Gasteiger partial charge on any atom is 0.496 e. The molecule has 2 N–H and O–H groups in total. The van der Waals surface area contributed by atoms with E-state index in [0.717, 1.165) is 19.3 Å². The number of hydrogen-bond donors (Lipinski definition) is 2. The molecule has 0 aliphatic carbocycles. The van der Waals surface area contributed by atoms with Gasteiger partial charge in [0.15, 0.2) is 0 Å². The largest absolute Gasteiger partial charge is 0.496 e. The Morgan fingerprint density at radius 1 is 1.24 bits per heavy atom. The average Bonchev–Trinajstić information content (AvgIpc) is 2.77. The number of rotatable bonds is 1. The Bertz CT molecular complexity index is 593. The van der Waals surface area contributed by atoms with Crippen LogP contribution in [0.1, 0.15) is 27.7 Å². The minimum Gasteiger partial charge on any atom is -0.465 e. The van der Waals surface area contributed by atoms with E-state index in [1.165, 1.54) is 11.0 Å². The van der Waals surface area contributed by atoms with Crippen molar-refractivity contribution < 1.29 is 23.6 Å². The molecule has 2 aliphatic rings. The summed E-state index contributed by atoms with van der Waals surface area (Å²) in [5.74, 6) is -0.382. The lowest BCUT2D eigenvalue weighted by Crippen LogP contribution is -2.45. The molecule has 1 aromatic rings. The van der Waals surface area contributed by atoms with Crippen LogP contribution in [0.5, 0.6) is 0 Å². The van der Waals surface area contributed by atoms with E-state index < -0.39 is 24.4 Å². The zero-order valence-electron chi connectivity index (χ0n) is 15.1. The molecular formula is C16H25BFN3O4. The minimum absolute atomic E-state index is 0.382. The summed E-state index contributed by atoms with van der Waals surface area (Å²) < 4.78 is 24.6. The third kappa shape index (κ3) is 4.90.